The predicted octanol–water partition coefficient (Wildman–Crippen LogP) is 6.70. The highest BCUT2D eigenvalue weighted by atomic mass is 32.1. The van der Waals surface area contributed by atoms with E-state index in [1.54, 1.807) is 11.3 Å². The Labute approximate surface area is 274 Å². The normalized spacial score (nSPS) is 27.7. The second-order valence-corrected chi connectivity index (χ2v) is 15.5. The van der Waals surface area contributed by atoms with Crippen LogP contribution in [0.1, 0.15) is 71.7 Å². The van der Waals surface area contributed by atoms with Gasteiger partial charge in [-0.3, -0.25) is 0 Å². The molecular weight excluding hydrogens is 600 g/mol. The van der Waals surface area contributed by atoms with E-state index in [1.165, 1.54) is 11.9 Å². The fourth-order valence-electron chi connectivity index (χ4n) is 7.82. The summed E-state index contributed by atoms with van der Waals surface area (Å²) in [5.74, 6) is 0.649. The average Bonchev–Trinajstić information content (AvgIpc) is 3.75. The van der Waals surface area contributed by atoms with E-state index in [9.17, 15) is 4.79 Å². The van der Waals surface area contributed by atoms with Gasteiger partial charge in [-0.1, -0.05) is 37.3 Å². The first kappa shape index (κ1) is 31.1. The van der Waals surface area contributed by atoms with Crippen LogP contribution in [0.2, 0.25) is 0 Å². The summed E-state index contributed by atoms with van der Waals surface area (Å²) >= 11 is 1.62. The van der Waals surface area contributed by atoms with Crippen molar-refractivity contribution in [2.24, 2.45) is 17.8 Å². The van der Waals surface area contributed by atoms with Crippen molar-refractivity contribution in [1.82, 2.24) is 24.4 Å². The maximum Gasteiger partial charge on any atom is 0.410 e. The minimum Gasteiger partial charge on any atom is -0.444 e. The van der Waals surface area contributed by atoms with E-state index in [1.807, 2.05) is 45.6 Å². The molecule has 7 rings (SSSR count). The highest BCUT2D eigenvalue weighted by Gasteiger charge is 2.57. The fraction of sp³-hybridized carbons (Fsp3) is 0.543. The number of benzene rings is 1. The number of fused-ring (bicyclic) bond motifs is 2. The molecule has 3 aromatic heterocycles. The van der Waals surface area contributed by atoms with Crippen LogP contribution in [0.4, 0.5) is 10.6 Å². The monoisotopic (exact) mass is 644 g/mol. The predicted molar refractivity (Wildman–Crippen MR) is 178 cm³/mol. The number of ether oxygens (including phenoxy) is 3. The van der Waals surface area contributed by atoms with Crippen molar-refractivity contribution >= 4 is 34.3 Å². The largest absolute Gasteiger partial charge is 0.444 e. The van der Waals surface area contributed by atoms with Crippen molar-refractivity contribution < 1.29 is 19.0 Å². The van der Waals surface area contributed by atoms with Gasteiger partial charge < -0.3 is 29.4 Å². The second-order valence-electron chi connectivity index (χ2n) is 14.6. The van der Waals surface area contributed by atoms with Crippen LogP contribution in [0.25, 0.3) is 21.6 Å². The molecule has 244 valence electrons. The van der Waals surface area contributed by atoms with Crippen molar-refractivity contribution in [1.29, 1.82) is 0 Å². The third-order valence-electron chi connectivity index (χ3n) is 9.66. The first-order valence-corrected chi connectivity index (χ1v) is 17.2. The van der Waals surface area contributed by atoms with Gasteiger partial charge in [-0.15, -0.1) is 11.3 Å². The summed E-state index contributed by atoms with van der Waals surface area (Å²) in [6.45, 7) is 13.3. The fourth-order valence-corrected chi connectivity index (χ4v) is 8.65. The van der Waals surface area contributed by atoms with E-state index in [4.69, 9.17) is 29.9 Å². The first-order valence-electron chi connectivity index (χ1n) is 16.3. The van der Waals surface area contributed by atoms with Gasteiger partial charge in [-0.2, -0.15) is 0 Å². The van der Waals surface area contributed by atoms with Gasteiger partial charge in [0.05, 0.1) is 23.2 Å². The van der Waals surface area contributed by atoms with Gasteiger partial charge in [-0.05, 0) is 70.8 Å². The summed E-state index contributed by atoms with van der Waals surface area (Å²) in [5, 5.41) is 3.84. The zero-order valence-corrected chi connectivity index (χ0v) is 28.3. The van der Waals surface area contributed by atoms with Crippen molar-refractivity contribution in [3.63, 3.8) is 0 Å². The molecule has 1 amide bonds. The van der Waals surface area contributed by atoms with Crippen LogP contribution in [0.5, 0.6) is 0 Å². The van der Waals surface area contributed by atoms with E-state index in [2.05, 4.69) is 52.3 Å². The van der Waals surface area contributed by atoms with Gasteiger partial charge in [0.1, 0.15) is 34.5 Å². The maximum atomic E-state index is 12.9. The molecule has 46 heavy (non-hydrogen) atoms. The highest BCUT2D eigenvalue weighted by molar-refractivity contribution is 7.13. The zero-order chi connectivity index (χ0) is 32.4. The molecule has 1 aliphatic carbocycles. The van der Waals surface area contributed by atoms with Crippen LogP contribution in [-0.2, 0) is 20.6 Å². The lowest BCUT2D eigenvalue weighted by Gasteiger charge is -2.41. The number of nitrogen functional groups attached to an aromatic ring is 1. The van der Waals surface area contributed by atoms with Crippen LogP contribution in [0.15, 0.2) is 48.2 Å². The molecule has 2 aliphatic heterocycles. The topological polar surface area (TPSA) is 118 Å². The molecule has 3 aliphatic rings. The van der Waals surface area contributed by atoms with Gasteiger partial charge >= 0.3 is 6.09 Å². The number of nitrogens with zero attached hydrogens (tertiary/aromatic N) is 5. The lowest BCUT2D eigenvalue weighted by Crippen LogP contribution is -2.47. The molecule has 11 heteroatoms. The second kappa shape index (κ2) is 11.6. The number of piperidine rings is 1. The molecule has 0 bridgehead atoms. The Bertz CT molecular complexity index is 1730. The Balaban J connectivity index is 1.19. The molecule has 4 aromatic rings. The number of likely N-dealkylation sites (tertiary alicyclic amines) is 1. The van der Waals surface area contributed by atoms with Crippen LogP contribution in [0.3, 0.4) is 0 Å². The van der Waals surface area contributed by atoms with E-state index in [-0.39, 0.29) is 36.2 Å². The third kappa shape index (κ3) is 5.89. The number of aromatic nitrogens is 4. The number of thiazole rings is 1. The molecule has 3 fully saturated rings. The minimum atomic E-state index is -0.700. The first-order chi connectivity index (χ1) is 21.9. The number of nitrogens with two attached hydrogens (primary N) is 1. The van der Waals surface area contributed by atoms with E-state index < -0.39 is 11.4 Å². The highest BCUT2D eigenvalue weighted by Crippen LogP contribution is 2.53. The van der Waals surface area contributed by atoms with E-state index in [0.717, 1.165) is 46.6 Å². The molecule has 0 spiro atoms. The van der Waals surface area contributed by atoms with Crippen LogP contribution < -0.4 is 5.73 Å². The summed E-state index contributed by atoms with van der Waals surface area (Å²) in [6.07, 6.45) is 5.75. The summed E-state index contributed by atoms with van der Waals surface area (Å²) in [6, 6.07) is 10.4. The molecule has 2 N–H and O–H groups in total. The Kier molecular flexibility index (Phi) is 7.84. The standard InChI is InChI=1S/C35H44N6O4S/c1-20-16-40(33(42)45-34(2,3)4)13-12-23(20)24-15-26(29-28(24)43-35(5,6)44-29)41-17-25(27-30(36)37-19-38-31(27)41)32-39-22(18-46-32)14-21-10-8-7-9-11-21/h7-11,17-20,23-24,26,28-29H,12-16H2,1-6H3,(H2,36,37,38)/t20?,23?,24-,26-,28-,29+/m1/s1. The van der Waals surface area contributed by atoms with Crippen LogP contribution >= 0.6 is 11.3 Å². The van der Waals surface area contributed by atoms with Gasteiger partial charge in [0.25, 0.3) is 0 Å². The zero-order valence-electron chi connectivity index (χ0n) is 27.5. The molecule has 1 aromatic carbocycles. The number of carbonyl (C=O) groups excluding carboxylic acids is 1. The molecule has 10 nitrogen and oxygen atoms in total. The molecule has 6 atom stereocenters. The van der Waals surface area contributed by atoms with E-state index >= 15 is 0 Å². The lowest BCUT2D eigenvalue weighted by molar-refractivity contribution is -0.164. The Morgan fingerprint density at radius 3 is 2.63 bits per heavy atom. The van der Waals surface area contributed by atoms with Crippen molar-refractivity contribution in [2.45, 2.75) is 90.4 Å². The van der Waals surface area contributed by atoms with E-state index in [0.29, 0.717) is 24.8 Å². The van der Waals surface area contributed by atoms with Crippen molar-refractivity contribution in [3.8, 4) is 10.6 Å². The Morgan fingerprint density at radius 2 is 1.89 bits per heavy atom. The van der Waals surface area contributed by atoms with Crippen LogP contribution in [0, 0.1) is 17.8 Å². The summed E-state index contributed by atoms with van der Waals surface area (Å²) in [5.41, 5.74) is 9.99. The smallest absolute Gasteiger partial charge is 0.410 e. The third-order valence-corrected chi connectivity index (χ3v) is 10.6. The van der Waals surface area contributed by atoms with Crippen molar-refractivity contribution in [2.75, 3.05) is 18.8 Å². The van der Waals surface area contributed by atoms with Gasteiger partial charge in [0.15, 0.2) is 5.79 Å². The van der Waals surface area contributed by atoms with Gasteiger partial charge in [0, 0.05) is 36.7 Å². The number of anilines is 1. The Hall–Kier alpha value is -3.54. The summed E-state index contributed by atoms with van der Waals surface area (Å²) in [4.78, 5) is 28.9. The summed E-state index contributed by atoms with van der Waals surface area (Å²) in [7, 11) is 0. The number of rotatable bonds is 5. The number of hydrogen-bond donors (Lipinski definition) is 1. The lowest BCUT2D eigenvalue weighted by atomic mass is 9.75. The van der Waals surface area contributed by atoms with Gasteiger partial charge in [0.2, 0.25) is 0 Å². The molecule has 1 saturated carbocycles. The summed E-state index contributed by atoms with van der Waals surface area (Å²) < 4.78 is 21.2. The maximum absolute atomic E-state index is 12.9. The van der Waals surface area contributed by atoms with Crippen molar-refractivity contribution in [3.05, 3.63) is 59.5 Å². The number of amides is 1. The van der Waals surface area contributed by atoms with Crippen LogP contribution in [-0.4, -0.2) is 67.2 Å². The minimum absolute atomic E-state index is 0.0119. The molecule has 2 unspecified atom stereocenters. The average molecular weight is 645 g/mol. The SMILES string of the molecule is CC1CN(C(=O)OC(C)(C)C)CCC1[C@H]1C[C@@H](n2cc(-c3nc(Cc4ccccc4)cs3)c3c(N)ncnc32)[C@@H]2OC(C)(C)O[C@@H]21. The number of carbonyl (C=O) groups is 1. The molecular formula is C35H44N6O4S. The quantitative estimate of drug-likeness (QED) is 0.255. The number of hydrogen-bond acceptors (Lipinski definition) is 9. The van der Waals surface area contributed by atoms with Gasteiger partial charge in [-0.25, -0.2) is 19.7 Å². The molecule has 5 heterocycles. The Morgan fingerprint density at radius 1 is 1.13 bits per heavy atom. The molecule has 0 radical (unpaired) electrons. The molecule has 2 saturated heterocycles.